The van der Waals surface area contributed by atoms with Crippen molar-refractivity contribution in [2.45, 2.75) is 57.5 Å². The second-order valence-corrected chi connectivity index (χ2v) is 10.6. The molecule has 6 rings (SSSR count). The number of halogens is 1. The second-order valence-electron chi connectivity index (χ2n) is 10.6. The van der Waals surface area contributed by atoms with E-state index in [-0.39, 0.29) is 5.56 Å². The van der Waals surface area contributed by atoms with Crippen molar-refractivity contribution in [1.29, 1.82) is 0 Å². The molecule has 1 N–H and O–H groups in total. The fourth-order valence-corrected chi connectivity index (χ4v) is 6.11. The van der Waals surface area contributed by atoms with Gasteiger partial charge in [0.05, 0.1) is 17.0 Å². The maximum absolute atomic E-state index is 16.9. The van der Waals surface area contributed by atoms with Gasteiger partial charge in [0.25, 0.3) is 0 Å². The number of carbonyl (C=O) groups is 1. The summed E-state index contributed by atoms with van der Waals surface area (Å²) in [6.07, 6.45) is 5.47. The smallest absolute Gasteiger partial charge is 0.335 e. The second kappa shape index (κ2) is 9.87. The molecule has 0 unspecified atom stereocenters. The minimum absolute atomic E-state index is 0.217. The van der Waals surface area contributed by atoms with E-state index in [1.807, 2.05) is 36.4 Å². The Balaban J connectivity index is 1.53. The van der Waals surface area contributed by atoms with Gasteiger partial charge in [0.1, 0.15) is 18.0 Å². The molecular weight excluding hydrogens is 481 g/mol. The first-order valence-corrected chi connectivity index (χ1v) is 13.4. The Bertz CT molecular complexity index is 1490. The molecule has 196 valence electrons. The molecule has 2 aliphatic rings. The average Bonchev–Trinajstić information content (AvgIpc) is 3.24. The third kappa shape index (κ3) is 4.45. The molecule has 0 radical (unpaired) electrons. The van der Waals surface area contributed by atoms with E-state index in [2.05, 4.69) is 27.6 Å². The number of nitrogens with zero attached hydrogens (tertiary/aromatic N) is 3. The number of alkyl halides is 1. The minimum atomic E-state index is -1.45. The summed E-state index contributed by atoms with van der Waals surface area (Å²) in [6, 6.07) is 16.9. The van der Waals surface area contributed by atoms with Crippen LogP contribution < -0.4 is 4.74 Å². The van der Waals surface area contributed by atoms with E-state index in [1.54, 1.807) is 18.3 Å². The van der Waals surface area contributed by atoms with E-state index in [0.717, 1.165) is 70.5 Å². The summed E-state index contributed by atoms with van der Waals surface area (Å²) in [6.45, 7) is 2.48. The number of rotatable bonds is 5. The zero-order valence-electron chi connectivity index (χ0n) is 21.6. The number of likely N-dealkylation sites (N-methyl/N-ethyl adjacent to an activating group) is 1. The number of aromatic carboxylic acids is 1. The molecular formula is C31H32FN3O3. The molecule has 1 saturated carbocycles. The molecule has 1 aliphatic carbocycles. The van der Waals surface area contributed by atoms with Crippen LogP contribution in [-0.2, 0) is 25.4 Å². The standard InChI is InChI=1S/C31H32FN3O3/c1-34-15-16-35-27-18-21(30(36)37)8-10-26(27)28(31(32)12-4-2-5-13-31)29(35)25-11-9-24(17-22(25)19-34)38-20-23-7-3-6-14-33-23/h3,6-11,14,17-18H,2,4-5,12-13,15-16,19-20H2,1H3,(H,36,37). The van der Waals surface area contributed by atoms with Crippen LogP contribution in [0.2, 0.25) is 0 Å². The van der Waals surface area contributed by atoms with Crippen LogP contribution in [0.3, 0.4) is 0 Å². The van der Waals surface area contributed by atoms with Crippen LogP contribution in [0.5, 0.6) is 5.75 Å². The van der Waals surface area contributed by atoms with Gasteiger partial charge >= 0.3 is 5.97 Å². The predicted molar refractivity (Wildman–Crippen MR) is 145 cm³/mol. The lowest BCUT2D eigenvalue weighted by Crippen LogP contribution is -2.28. The van der Waals surface area contributed by atoms with Gasteiger partial charge in [0, 0.05) is 47.9 Å². The molecule has 0 amide bonds. The lowest BCUT2D eigenvalue weighted by atomic mass is 9.78. The zero-order valence-corrected chi connectivity index (χ0v) is 21.6. The summed E-state index contributed by atoms with van der Waals surface area (Å²) >= 11 is 0. The summed E-state index contributed by atoms with van der Waals surface area (Å²) in [5.41, 5.74) is 4.05. The SMILES string of the molecule is CN1CCn2c(c(C3(F)CCCCC3)c3ccc(C(=O)O)cc32)-c2ccc(OCc3ccccn3)cc2C1. The Morgan fingerprint density at radius 2 is 1.92 bits per heavy atom. The van der Waals surface area contributed by atoms with Crippen molar-refractivity contribution in [3.05, 3.63) is 83.2 Å². The van der Waals surface area contributed by atoms with E-state index in [9.17, 15) is 9.90 Å². The number of carboxylic acid groups (broad SMARTS) is 1. The highest BCUT2D eigenvalue weighted by Crippen LogP contribution is 2.50. The highest BCUT2D eigenvalue weighted by molar-refractivity contribution is 5.98. The Morgan fingerprint density at radius 3 is 2.68 bits per heavy atom. The number of hydrogen-bond acceptors (Lipinski definition) is 4. The topological polar surface area (TPSA) is 67.6 Å². The van der Waals surface area contributed by atoms with E-state index >= 15 is 4.39 Å². The van der Waals surface area contributed by atoms with Crippen LogP contribution in [0.15, 0.2) is 60.8 Å². The highest BCUT2D eigenvalue weighted by atomic mass is 19.1. The number of fused-ring (bicyclic) bond motifs is 5. The van der Waals surface area contributed by atoms with E-state index < -0.39 is 11.6 Å². The molecule has 2 aromatic carbocycles. The molecule has 4 aromatic rings. The molecule has 2 aromatic heterocycles. The van der Waals surface area contributed by atoms with Crippen molar-refractivity contribution in [1.82, 2.24) is 14.5 Å². The number of pyridine rings is 1. The molecule has 0 atom stereocenters. The van der Waals surface area contributed by atoms with Gasteiger partial charge in [0.15, 0.2) is 0 Å². The van der Waals surface area contributed by atoms with Crippen LogP contribution in [0.1, 0.15) is 59.3 Å². The van der Waals surface area contributed by atoms with Crippen LogP contribution in [0.4, 0.5) is 4.39 Å². The first kappa shape index (κ1) is 24.6. The lowest BCUT2D eigenvalue weighted by molar-refractivity contribution is 0.0697. The van der Waals surface area contributed by atoms with Crippen molar-refractivity contribution in [3.8, 4) is 17.0 Å². The summed E-state index contributed by atoms with van der Waals surface area (Å²) in [4.78, 5) is 18.4. The number of aromatic nitrogens is 2. The van der Waals surface area contributed by atoms with Crippen LogP contribution >= 0.6 is 0 Å². The van der Waals surface area contributed by atoms with E-state index in [4.69, 9.17) is 4.74 Å². The van der Waals surface area contributed by atoms with Crippen molar-refractivity contribution in [2.24, 2.45) is 0 Å². The van der Waals surface area contributed by atoms with Gasteiger partial charge in [0.2, 0.25) is 0 Å². The molecule has 3 heterocycles. The van der Waals surface area contributed by atoms with Gasteiger partial charge in [-0.15, -0.1) is 0 Å². The predicted octanol–water partition coefficient (Wildman–Crippen LogP) is 6.55. The summed E-state index contributed by atoms with van der Waals surface area (Å²) in [5.74, 6) is -0.233. The Hall–Kier alpha value is -3.71. The monoisotopic (exact) mass is 513 g/mol. The fourth-order valence-electron chi connectivity index (χ4n) is 6.11. The van der Waals surface area contributed by atoms with Gasteiger partial charge in [-0.05, 0) is 80.8 Å². The van der Waals surface area contributed by atoms with Gasteiger partial charge in [-0.1, -0.05) is 18.6 Å². The van der Waals surface area contributed by atoms with Crippen LogP contribution in [0.25, 0.3) is 22.2 Å². The van der Waals surface area contributed by atoms with Gasteiger partial charge in [-0.25, -0.2) is 9.18 Å². The minimum Gasteiger partial charge on any atom is -0.487 e. The third-order valence-electron chi connectivity index (χ3n) is 8.00. The summed E-state index contributed by atoms with van der Waals surface area (Å²) in [7, 11) is 2.07. The highest BCUT2D eigenvalue weighted by Gasteiger charge is 2.40. The van der Waals surface area contributed by atoms with Gasteiger partial charge in [-0.2, -0.15) is 0 Å². The molecule has 0 saturated heterocycles. The van der Waals surface area contributed by atoms with Crippen molar-refractivity contribution in [3.63, 3.8) is 0 Å². The number of benzene rings is 2. The summed E-state index contributed by atoms with van der Waals surface area (Å²) < 4.78 is 25.2. The van der Waals surface area contributed by atoms with Crippen LogP contribution in [-0.4, -0.2) is 39.1 Å². The van der Waals surface area contributed by atoms with Gasteiger partial charge < -0.3 is 19.3 Å². The Kier molecular flexibility index (Phi) is 6.40. The molecule has 38 heavy (non-hydrogen) atoms. The fraction of sp³-hybridized carbons (Fsp3) is 0.355. The largest absolute Gasteiger partial charge is 0.487 e. The Morgan fingerprint density at radius 1 is 1.08 bits per heavy atom. The lowest BCUT2D eigenvalue weighted by Gasteiger charge is -2.32. The number of hydrogen-bond donors (Lipinski definition) is 1. The zero-order chi connectivity index (χ0) is 26.3. The quantitative estimate of drug-likeness (QED) is 0.328. The molecule has 1 aliphatic heterocycles. The first-order chi connectivity index (χ1) is 18.4. The number of ether oxygens (including phenoxy) is 1. The van der Waals surface area contributed by atoms with Crippen molar-refractivity contribution >= 4 is 16.9 Å². The first-order valence-electron chi connectivity index (χ1n) is 13.4. The average molecular weight is 514 g/mol. The van der Waals surface area contributed by atoms with Crippen molar-refractivity contribution < 1.29 is 19.0 Å². The van der Waals surface area contributed by atoms with E-state index in [1.165, 1.54) is 0 Å². The van der Waals surface area contributed by atoms with Crippen molar-refractivity contribution in [2.75, 3.05) is 13.6 Å². The number of carboxylic acids is 1. The van der Waals surface area contributed by atoms with Gasteiger partial charge in [-0.3, -0.25) is 4.98 Å². The maximum Gasteiger partial charge on any atom is 0.335 e. The molecule has 1 fully saturated rings. The molecule has 0 bridgehead atoms. The molecule has 6 nitrogen and oxygen atoms in total. The van der Waals surface area contributed by atoms with E-state index in [0.29, 0.717) is 32.5 Å². The maximum atomic E-state index is 16.9. The normalized spacial score (nSPS) is 17.3. The molecule has 0 spiro atoms. The third-order valence-corrected chi connectivity index (χ3v) is 8.00. The molecule has 7 heteroatoms. The van der Waals surface area contributed by atoms with Crippen LogP contribution in [0, 0.1) is 0 Å². The Labute approximate surface area is 221 Å². The summed E-state index contributed by atoms with van der Waals surface area (Å²) in [5, 5.41) is 10.5.